The third-order valence-electron chi connectivity index (χ3n) is 4.46. The van der Waals surface area contributed by atoms with E-state index in [1.54, 1.807) is 0 Å². The van der Waals surface area contributed by atoms with E-state index in [0.717, 1.165) is 5.92 Å². The maximum Gasteiger partial charge on any atom is 0.0878 e. The molecule has 1 aliphatic heterocycles. The largest absolute Gasteiger partial charge is 0.369 e. The molecule has 72 valence electrons. The first-order valence-corrected chi connectivity index (χ1v) is 5.65. The molecule has 0 bridgehead atoms. The van der Waals surface area contributed by atoms with E-state index in [4.69, 9.17) is 4.74 Å². The third kappa shape index (κ3) is 1.03. The third-order valence-corrected chi connectivity index (χ3v) is 4.46. The smallest absolute Gasteiger partial charge is 0.0878 e. The summed E-state index contributed by atoms with van der Waals surface area (Å²) < 4.78 is 5.73. The fourth-order valence-electron chi connectivity index (χ4n) is 3.60. The number of hydrogen-bond acceptors (Lipinski definition) is 1. The van der Waals surface area contributed by atoms with Crippen molar-refractivity contribution in [2.45, 2.75) is 50.7 Å². The van der Waals surface area contributed by atoms with Crippen molar-refractivity contribution in [1.82, 2.24) is 0 Å². The van der Waals surface area contributed by atoms with E-state index in [9.17, 15) is 0 Å². The summed E-state index contributed by atoms with van der Waals surface area (Å²) in [6, 6.07) is 0. The van der Waals surface area contributed by atoms with Crippen molar-refractivity contribution in [3.8, 4) is 0 Å². The molecule has 0 aromatic carbocycles. The minimum Gasteiger partial charge on any atom is -0.369 e. The van der Waals surface area contributed by atoms with Gasteiger partial charge in [0.15, 0.2) is 0 Å². The minimum atomic E-state index is 0.468. The van der Waals surface area contributed by atoms with E-state index in [1.165, 1.54) is 38.5 Å². The lowest BCUT2D eigenvalue weighted by atomic mass is 9.59. The first-order valence-electron chi connectivity index (χ1n) is 5.65. The van der Waals surface area contributed by atoms with Crippen LogP contribution in [0.3, 0.4) is 0 Å². The van der Waals surface area contributed by atoms with Gasteiger partial charge in [0.2, 0.25) is 0 Å². The van der Waals surface area contributed by atoms with Gasteiger partial charge in [0, 0.05) is 0 Å². The number of hydrogen-bond donors (Lipinski definition) is 0. The lowest BCUT2D eigenvalue weighted by Crippen LogP contribution is -2.39. The molecule has 2 saturated carbocycles. The van der Waals surface area contributed by atoms with Gasteiger partial charge in [-0.25, -0.2) is 0 Å². The Labute approximate surface area is 80.2 Å². The lowest BCUT2D eigenvalue weighted by Gasteiger charge is -2.44. The molecule has 2 aliphatic carbocycles. The molecule has 0 aromatic rings. The minimum absolute atomic E-state index is 0.468. The lowest BCUT2D eigenvalue weighted by molar-refractivity contribution is 0.103. The number of fused-ring (bicyclic) bond motifs is 3. The Morgan fingerprint density at radius 2 is 2.15 bits per heavy atom. The Hall–Kier alpha value is -0.300. The average Bonchev–Trinajstić information content (AvgIpc) is 2.96. The van der Waals surface area contributed by atoms with Crippen LogP contribution in [0.25, 0.3) is 0 Å². The van der Waals surface area contributed by atoms with Gasteiger partial charge in [-0.15, -0.1) is 6.58 Å². The zero-order valence-corrected chi connectivity index (χ0v) is 8.17. The monoisotopic (exact) mass is 178 g/mol. The molecule has 4 unspecified atom stereocenters. The highest BCUT2D eigenvalue weighted by Crippen LogP contribution is 2.57. The molecule has 13 heavy (non-hydrogen) atoms. The fourth-order valence-corrected chi connectivity index (χ4v) is 3.60. The molecule has 1 saturated heterocycles. The SMILES string of the molecule is C=CC12CCCCC1C1OC1CC2. The zero-order valence-electron chi connectivity index (χ0n) is 8.17. The number of ether oxygens (including phenoxy) is 1. The van der Waals surface area contributed by atoms with Gasteiger partial charge in [-0.3, -0.25) is 0 Å². The molecule has 0 aromatic heterocycles. The quantitative estimate of drug-likeness (QED) is 0.444. The highest BCUT2D eigenvalue weighted by atomic mass is 16.6. The van der Waals surface area contributed by atoms with E-state index in [1.807, 2.05) is 0 Å². The molecule has 3 fully saturated rings. The Bertz CT molecular complexity index is 235. The maximum atomic E-state index is 5.73. The molecule has 1 heterocycles. The predicted octanol–water partition coefficient (Wildman–Crippen LogP) is 2.91. The highest BCUT2D eigenvalue weighted by molar-refractivity contribution is 5.12. The van der Waals surface area contributed by atoms with Crippen LogP contribution in [0.15, 0.2) is 12.7 Å². The molecule has 1 nitrogen and oxygen atoms in total. The molecular weight excluding hydrogens is 160 g/mol. The van der Waals surface area contributed by atoms with Crippen LogP contribution in [0.5, 0.6) is 0 Å². The van der Waals surface area contributed by atoms with Gasteiger partial charge in [-0.05, 0) is 37.0 Å². The van der Waals surface area contributed by atoms with Gasteiger partial charge in [-0.1, -0.05) is 18.9 Å². The Morgan fingerprint density at radius 3 is 3.00 bits per heavy atom. The number of epoxide rings is 1. The van der Waals surface area contributed by atoms with Gasteiger partial charge < -0.3 is 4.74 Å². The first-order chi connectivity index (χ1) is 6.36. The van der Waals surface area contributed by atoms with Crippen molar-refractivity contribution < 1.29 is 4.74 Å². The van der Waals surface area contributed by atoms with E-state index >= 15 is 0 Å². The van der Waals surface area contributed by atoms with Gasteiger partial charge in [0.25, 0.3) is 0 Å². The van der Waals surface area contributed by atoms with Crippen molar-refractivity contribution in [2.24, 2.45) is 11.3 Å². The second-order valence-corrected chi connectivity index (χ2v) is 4.97. The van der Waals surface area contributed by atoms with Crippen LogP contribution in [0.2, 0.25) is 0 Å². The Balaban J connectivity index is 1.89. The fraction of sp³-hybridized carbons (Fsp3) is 0.833. The summed E-state index contributed by atoms with van der Waals surface area (Å²) in [5.41, 5.74) is 0.468. The summed E-state index contributed by atoms with van der Waals surface area (Å²) in [5.74, 6) is 0.817. The van der Waals surface area contributed by atoms with E-state index in [2.05, 4.69) is 12.7 Å². The summed E-state index contributed by atoms with van der Waals surface area (Å²) >= 11 is 0. The number of rotatable bonds is 1. The van der Waals surface area contributed by atoms with Gasteiger partial charge in [-0.2, -0.15) is 0 Å². The van der Waals surface area contributed by atoms with Crippen LogP contribution in [0.1, 0.15) is 38.5 Å². The van der Waals surface area contributed by atoms with Crippen molar-refractivity contribution in [3.63, 3.8) is 0 Å². The van der Waals surface area contributed by atoms with Gasteiger partial charge in [0.05, 0.1) is 12.2 Å². The van der Waals surface area contributed by atoms with Crippen molar-refractivity contribution >= 4 is 0 Å². The molecule has 3 rings (SSSR count). The van der Waals surface area contributed by atoms with Crippen molar-refractivity contribution in [3.05, 3.63) is 12.7 Å². The van der Waals surface area contributed by atoms with Crippen molar-refractivity contribution in [1.29, 1.82) is 0 Å². The molecule has 0 amide bonds. The molecule has 4 atom stereocenters. The van der Waals surface area contributed by atoms with Gasteiger partial charge in [0.1, 0.15) is 0 Å². The Morgan fingerprint density at radius 1 is 1.23 bits per heavy atom. The second-order valence-electron chi connectivity index (χ2n) is 4.97. The first kappa shape index (κ1) is 8.05. The van der Waals surface area contributed by atoms with E-state index in [-0.39, 0.29) is 0 Å². The predicted molar refractivity (Wildman–Crippen MR) is 52.5 cm³/mol. The summed E-state index contributed by atoms with van der Waals surface area (Å²) in [6.45, 7) is 4.06. The summed E-state index contributed by atoms with van der Waals surface area (Å²) in [7, 11) is 0. The average molecular weight is 178 g/mol. The molecule has 0 spiro atoms. The van der Waals surface area contributed by atoms with Crippen LogP contribution in [-0.2, 0) is 4.74 Å². The standard InChI is InChI=1S/C12H18O/c1-2-12-7-4-3-5-9(12)11-10(13-11)6-8-12/h2,9-11H,1,3-8H2. The van der Waals surface area contributed by atoms with E-state index in [0.29, 0.717) is 17.6 Å². The van der Waals surface area contributed by atoms with Crippen LogP contribution < -0.4 is 0 Å². The second kappa shape index (κ2) is 2.60. The van der Waals surface area contributed by atoms with E-state index < -0.39 is 0 Å². The summed E-state index contributed by atoms with van der Waals surface area (Å²) in [6.07, 6.45) is 11.7. The molecule has 0 N–H and O–H groups in total. The summed E-state index contributed by atoms with van der Waals surface area (Å²) in [5, 5.41) is 0. The van der Waals surface area contributed by atoms with Crippen LogP contribution in [-0.4, -0.2) is 12.2 Å². The zero-order chi connectivity index (χ0) is 8.89. The highest BCUT2D eigenvalue weighted by Gasteiger charge is 2.56. The van der Waals surface area contributed by atoms with Crippen LogP contribution in [0, 0.1) is 11.3 Å². The normalized spacial score (nSPS) is 53.4. The summed E-state index contributed by atoms with van der Waals surface area (Å²) in [4.78, 5) is 0. The Kier molecular flexibility index (Phi) is 1.61. The molecule has 1 heteroatoms. The molecule has 0 radical (unpaired) electrons. The van der Waals surface area contributed by atoms with Crippen LogP contribution >= 0.6 is 0 Å². The molecule has 3 aliphatic rings. The van der Waals surface area contributed by atoms with Crippen LogP contribution in [0.4, 0.5) is 0 Å². The molecular formula is C12H18O. The van der Waals surface area contributed by atoms with Gasteiger partial charge >= 0.3 is 0 Å². The topological polar surface area (TPSA) is 12.5 Å². The maximum absolute atomic E-state index is 5.73. The van der Waals surface area contributed by atoms with Crippen molar-refractivity contribution in [2.75, 3.05) is 0 Å². The number of allylic oxidation sites excluding steroid dienone is 1.